The van der Waals surface area contributed by atoms with E-state index in [9.17, 15) is 0 Å². The summed E-state index contributed by atoms with van der Waals surface area (Å²) in [5.41, 5.74) is 2.52. The van der Waals surface area contributed by atoms with E-state index in [1.54, 1.807) is 0 Å². The first kappa shape index (κ1) is 6.67. The maximum absolute atomic E-state index is 4.15. The van der Waals surface area contributed by atoms with Gasteiger partial charge in [-0.2, -0.15) is 5.10 Å². The number of nitrogens with zero attached hydrogens (tertiary/aromatic N) is 1. The highest BCUT2D eigenvalue weighted by atomic mass is 15.2. The van der Waals surface area contributed by atoms with Crippen molar-refractivity contribution in [3.8, 4) is 0 Å². The molecule has 0 fully saturated rings. The molecule has 0 amide bonds. The quantitative estimate of drug-likeness (QED) is 0.576. The van der Waals surface area contributed by atoms with Crippen molar-refractivity contribution in [1.82, 2.24) is 15.5 Å². The second-order valence-corrected chi connectivity index (χ2v) is 2.66. The molecule has 0 bridgehead atoms. The largest absolute Gasteiger partial charge is 0.369 e. The van der Waals surface area contributed by atoms with Crippen LogP contribution in [0.4, 0.5) is 5.82 Å². The molecule has 0 atom stereocenters. The third kappa shape index (κ3) is 0.991. The Balaban J connectivity index is 2.27. The normalized spacial score (nSPS) is 15.0. The highest BCUT2D eigenvalue weighted by Gasteiger charge is 2.16. The van der Waals surface area contributed by atoms with Crippen molar-refractivity contribution >= 4 is 5.82 Å². The summed E-state index contributed by atoms with van der Waals surface area (Å²) in [4.78, 5) is 0. The molecule has 2 heterocycles. The minimum atomic E-state index is 0.924. The minimum Gasteiger partial charge on any atom is -0.369 e. The highest BCUT2D eigenvalue weighted by Crippen LogP contribution is 2.20. The molecule has 1 aliphatic heterocycles. The summed E-state index contributed by atoms with van der Waals surface area (Å²) in [7, 11) is 0. The lowest BCUT2D eigenvalue weighted by molar-refractivity contribution is 0.742. The zero-order chi connectivity index (χ0) is 7.68. The number of aromatic nitrogens is 2. The van der Waals surface area contributed by atoms with Gasteiger partial charge in [0.15, 0.2) is 5.82 Å². The summed E-state index contributed by atoms with van der Waals surface area (Å²) in [6.07, 6.45) is 0. The molecule has 11 heavy (non-hydrogen) atoms. The van der Waals surface area contributed by atoms with Gasteiger partial charge in [-0.1, -0.05) is 0 Å². The van der Waals surface area contributed by atoms with E-state index in [2.05, 4.69) is 27.8 Å². The first-order valence-electron chi connectivity index (χ1n) is 3.92. The Morgan fingerprint density at radius 3 is 3.27 bits per heavy atom. The van der Waals surface area contributed by atoms with Gasteiger partial charge >= 0.3 is 0 Å². The summed E-state index contributed by atoms with van der Waals surface area (Å²) in [5, 5.41) is 13.6. The predicted molar refractivity (Wildman–Crippen MR) is 43.3 cm³/mol. The predicted octanol–water partition coefficient (Wildman–Crippen LogP) is 0.445. The number of hydrogen-bond donors (Lipinski definition) is 3. The topological polar surface area (TPSA) is 52.7 Å². The fourth-order valence-electron chi connectivity index (χ4n) is 1.36. The van der Waals surface area contributed by atoms with Crippen LogP contribution in [0.25, 0.3) is 0 Å². The molecule has 1 aromatic heterocycles. The van der Waals surface area contributed by atoms with Crippen molar-refractivity contribution in [3.63, 3.8) is 0 Å². The summed E-state index contributed by atoms with van der Waals surface area (Å²) in [6.45, 7) is 4.86. The van der Waals surface area contributed by atoms with E-state index in [1.165, 1.54) is 11.3 Å². The molecular weight excluding hydrogens is 140 g/mol. The number of aromatic amines is 1. The molecule has 0 aromatic carbocycles. The van der Waals surface area contributed by atoms with Gasteiger partial charge in [-0.15, -0.1) is 0 Å². The standard InChI is InChI=1S/C7H12N4/c1-2-9-7-5-3-8-4-6(5)10-11-7/h8H,2-4H2,1H3,(H2,9,10,11). The Kier molecular flexibility index (Phi) is 1.54. The lowest BCUT2D eigenvalue weighted by Gasteiger charge is -1.98. The first-order valence-corrected chi connectivity index (χ1v) is 3.92. The van der Waals surface area contributed by atoms with Gasteiger partial charge in [-0.3, -0.25) is 5.10 Å². The van der Waals surface area contributed by atoms with Crippen LogP contribution < -0.4 is 10.6 Å². The smallest absolute Gasteiger partial charge is 0.152 e. The Morgan fingerprint density at radius 2 is 2.45 bits per heavy atom. The van der Waals surface area contributed by atoms with Crippen LogP contribution in [0.15, 0.2) is 0 Å². The Hall–Kier alpha value is -1.03. The lowest BCUT2D eigenvalue weighted by atomic mass is 10.3. The highest BCUT2D eigenvalue weighted by molar-refractivity contribution is 5.47. The third-order valence-electron chi connectivity index (χ3n) is 1.90. The van der Waals surface area contributed by atoms with Gasteiger partial charge in [0.05, 0.1) is 5.69 Å². The molecule has 0 unspecified atom stereocenters. The average Bonchev–Trinajstić information content (AvgIpc) is 2.53. The summed E-state index contributed by atoms with van der Waals surface area (Å²) >= 11 is 0. The fourth-order valence-corrected chi connectivity index (χ4v) is 1.36. The summed E-state index contributed by atoms with van der Waals surface area (Å²) in [6, 6.07) is 0. The molecular formula is C7H12N4. The second-order valence-electron chi connectivity index (χ2n) is 2.66. The zero-order valence-corrected chi connectivity index (χ0v) is 6.57. The number of nitrogens with one attached hydrogen (secondary N) is 3. The molecule has 4 heteroatoms. The minimum absolute atomic E-state index is 0.924. The van der Waals surface area contributed by atoms with Crippen LogP contribution in [0.1, 0.15) is 18.2 Å². The van der Waals surface area contributed by atoms with Gasteiger partial charge in [0.25, 0.3) is 0 Å². The van der Waals surface area contributed by atoms with Crippen LogP contribution in [-0.4, -0.2) is 16.7 Å². The first-order chi connectivity index (χ1) is 5.42. The summed E-state index contributed by atoms with van der Waals surface area (Å²) < 4.78 is 0. The Labute approximate surface area is 65.4 Å². The van der Waals surface area contributed by atoms with Gasteiger partial charge < -0.3 is 10.6 Å². The van der Waals surface area contributed by atoms with Gasteiger partial charge in [-0.05, 0) is 6.92 Å². The van der Waals surface area contributed by atoms with Crippen molar-refractivity contribution in [2.45, 2.75) is 20.0 Å². The SMILES string of the molecule is CCNc1n[nH]c2c1CNC2. The Bertz CT molecular complexity index is 253. The van der Waals surface area contributed by atoms with E-state index in [1.807, 2.05) is 0 Å². The third-order valence-corrected chi connectivity index (χ3v) is 1.90. The molecule has 0 saturated heterocycles. The molecule has 2 rings (SSSR count). The molecule has 0 spiro atoms. The van der Waals surface area contributed by atoms with Crippen molar-refractivity contribution in [2.75, 3.05) is 11.9 Å². The van der Waals surface area contributed by atoms with Crippen LogP contribution in [-0.2, 0) is 13.1 Å². The molecule has 4 nitrogen and oxygen atoms in total. The lowest BCUT2D eigenvalue weighted by Crippen LogP contribution is -2.05. The van der Waals surface area contributed by atoms with Crippen LogP contribution in [0.3, 0.4) is 0 Å². The van der Waals surface area contributed by atoms with E-state index in [4.69, 9.17) is 0 Å². The van der Waals surface area contributed by atoms with Crippen molar-refractivity contribution in [2.24, 2.45) is 0 Å². The van der Waals surface area contributed by atoms with Crippen molar-refractivity contribution in [3.05, 3.63) is 11.3 Å². The number of rotatable bonds is 2. The Morgan fingerprint density at radius 1 is 1.55 bits per heavy atom. The molecule has 0 aliphatic carbocycles. The van der Waals surface area contributed by atoms with E-state index in [0.29, 0.717) is 0 Å². The summed E-state index contributed by atoms with van der Waals surface area (Å²) in [5.74, 6) is 1.01. The number of anilines is 1. The molecule has 3 N–H and O–H groups in total. The van der Waals surface area contributed by atoms with Gasteiger partial charge in [0, 0.05) is 25.2 Å². The average molecular weight is 152 g/mol. The van der Waals surface area contributed by atoms with Crippen molar-refractivity contribution in [1.29, 1.82) is 0 Å². The number of fused-ring (bicyclic) bond motifs is 1. The van der Waals surface area contributed by atoms with Crippen molar-refractivity contribution < 1.29 is 0 Å². The van der Waals surface area contributed by atoms with Crippen LogP contribution in [0, 0.1) is 0 Å². The zero-order valence-electron chi connectivity index (χ0n) is 6.57. The van der Waals surface area contributed by atoms with E-state index in [0.717, 1.165) is 25.5 Å². The molecule has 60 valence electrons. The molecule has 0 saturated carbocycles. The van der Waals surface area contributed by atoms with Crippen LogP contribution in [0.2, 0.25) is 0 Å². The van der Waals surface area contributed by atoms with Gasteiger partial charge in [-0.25, -0.2) is 0 Å². The van der Waals surface area contributed by atoms with Crippen LogP contribution in [0.5, 0.6) is 0 Å². The maximum Gasteiger partial charge on any atom is 0.152 e. The maximum atomic E-state index is 4.15. The molecule has 1 aromatic rings. The van der Waals surface area contributed by atoms with Gasteiger partial charge in [0.1, 0.15) is 0 Å². The monoisotopic (exact) mass is 152 g/mol. The van der Waals surface area contributed by atoms with E-state index in [-0.39, 0.29) is 0 Å². The number of H-pyrrole nitrogens is 1. The van der Waals surface area contributed by atoms with Crippen LogP contribution >= 0.6 is 0 Å². The number of hydrogen-bond acceptors (Lipinski definition) is 3. The molecule has 1 aliphatic rings. The van der Waals surface area contributed by atoms with Gasteiger partial charge in [0.2, 0.25) is 0 Å². The molecule has 0 radical (unpaired) electrons. The van der Waals surface area contributed by atoms with E-state index >= 15 is 0 Å². The second kappa shape index (κ2) is 2.54. The van der Waals surface area contributed by atoms with E-state index < -0.39 is 0 Å². The fraction of sp³-hybridized carbons (Fsp3) is 0.571.